The topological polar surface area (TPSA) is 49.3 Å². The average Bonchev–Trinajstić information content (AvgIpc) is 2.72. The van der Waals surface area contributed by atoms with Gasteiger partial charge < -0.3 is 10.4 Å². The van der Waals surface area contributed by atoms with Crippen LogP contribution in [0.3, 0.4) is 0 Å². The van der Waals surface area contributed by atoms with E-state index in [1.165, 1.54) is 0 Å². The lowest BCUT2D eigenvalue weighted by Gasteiger charge is -2.19. The minimum absolute atomic E-state index is 0.355. The molecule has 17 heavy (non-hydrogen) atoms. The third kappa shape index (κ3) is 4.88. The molecule has 0 aromatic heterocycles. The summed E-state index contributed by atoms with van der Waals surface area (Å²) in [6.07, 6.45) is 3.90. The van der Waals surface area contributed by atoms with Crippen molar-refractivity contribution in [2.24, 2.45) is 5.92 Å². The third-order valence-electron chi connectivity index (χ3n) is 3.35. The van der Waals surface area contributed by atoms with Gasteiger partial charge in [-0.15, -0.1) is 0 Å². The number of nitrogens with one attached hydrogen (secondary N) is 1. The van der Waals surface area contributed by atoms with Gasteiger partial charge in [0, 0.05) is 17.0 Å². The molecule has 3 atom stereocenters. The Morgan fingerprint density at radius 2 is 2.24 bits per heavy atom. The monoisotopic (exact) mass is 259 g/mol. The van der Waals surface area contributed by atoms with Crippen LogP contribution < -0.4 is 5.32 Å². The maximum Gasteiger partial charge on any atom is 0.320 e. The zero-order valence-corrected chi connectivity index (χ0v) is 11.9. The largest absolute Gasteiger partial charge is 0.480 e. The van der Waals surface area contributed by atoms with E-state index >= 15 is 0 Å². The molecule has 0 spiro atoms. The van der Waals surface area contributed by atoms with Gasteiger partial charge in [0.25, 0.3) is 0 Å². The van der Waals surface area contributed by atoms with Crippen LogP contribution in [0.5, 0.6) is 0 Å². The highest BCUT2D eigenvalue weighted by Crippen LogP contribution is 2.32. The SMILES string of the molecule is CCCCC(NC1CSC(C(C)C)C1)C(=O)O. The van der Waals surface area contributed by atoms with Crippen molar-refractivity contribution in [2.45, 2.75) is 63.8 Å². The molecule has 1 aliphatic rings. The summed E-state index contributed by atoms with van der Waals surface area (Å²) in [4.78, 5) is 11.1. The summed E-state index contributed by atoms with van der Waals surface area (Å²) in [6.45, 7) is 6.58. The van der Waals surface area contributed by atoms with E-state index in [1.807, 2.05) is 11.8 Å². The van der Waals surface area contributed by atoms with E-state index in [9.17, 15) is 4.79 Å². The van der Waals surface area contributed by atoms with Crippen LogP contribution in [0.25, 0.3) is 0 Å². The van der Waals surface area contributed by atoms with Crippen molar-refractivity contribution in [3.8, 4) is 0 Å². The number of carboxylic acids is 1. The molecular formula is C13H25NO2S. The molecule has 3 unspecified atom stereocenters. The highest BCUT2D eigenvalue weighted by molar-refractivity contribution is 8.00. The van der Waals surface area contributed by atoms with Crippen LogP contribution in [-0.2, 0) is 4.79 Å². The first-order valence-electron chi connectivity index (χ1n) is 6.65. The highest BCUT2D eigenvalue weighted by atomic mass is 32.2. The van der Waals surface area contributed by atoms with E-state index in [0.717, 1.165) is 31.4 Å². The van der Waals surface area contributed by atoms with E-state index in [0.29, 0.717) is 17.2 Å². The van der Waals surface area contributed by atoms with Gasteiger partial charge in [0.05, 0.1) is 0 Å². The van der Waals surface area contributed by atoms with E-state index in [2.05, 4.69) is 26.1 Å². The predicted molar refractivity (Wildman–Crippen MR) is 73.6 cm³/mol. The number of hydrogen-bond donors (Lipinski definition) is 2. The van der Waals surface area contributed by atoms with Crippen molar-refractivity contribution < 1.29 is 9.90 Å². The van der Waals surface area contributed by atoms with E-state index < -0.39 is 5.97 Å². The fourth-order valence-corrected chi connectivity index (χ4v) is 3.67. The van der Waals surface area contributed by atoms with Crippen LogP contribution in [0.2, 0.25) is 0 Å². The van der Waals surface area contributed by atoms with Gasteiger partial charge in [0.15, 0.2) is 0 Å². The number of unbranched alkanes of at least 4 members (excludes halogenated alkanes) is 1. The second-order valence-electron chi connectivity index (χ2n) is 5.25. The number of carbonyl (C=O) groups is 1. The third-order valence-corrected chi connectivity index (χ3v) is 5.11. The molecule has 0 amide bonds. The first-order chi connectivity index (χ1) is 8.04. The first kappa shape index (κ1) is 14.8. The molecule has 1 heterocycles. The zero-order chi connectivity index (χ0) is 12.8. The molecule has 3 nitrogen and oxygen atoms in total. The summed E-state index contributed by atoms with van der Waals surface area (Å²) in [5, 5.41) is 13.2. The van der Waals surface area contributed by atoms with Gasteiger partial charge in [0.2, 0.25) is 0 Å². The van der Waals surface area contributed by atoms with Crippen LogP contribution in [0.4, 0.5) is 0 Å². The fraction of sp³-hybridized carbons (Fsp3) is 0.923. The van der Waals surface area contributed by atoms with Crippen LogP contribution in [-0.4, -0.2) is 34.2 Å². The Hall–Kier alpha value is -0.220. The normalized spacial score (nSPS) is 26.4. The molecule has 0 bridgehead atoms. The Morgan fingerprint density at radius 1 is 1.53 bits per heavy atom. The Morgan fingerprint density at radius 3 is 2.71 bits per heavy atom. The van der Waals surface area contributed by atoms with Crippen molar-refractivity contribution >= 4 is 17.7 Å². The molecule has 2 N–H and O–H groups in total. The lowest BCUT2D eigenvalue weighted by Crippen LogP contribution is -2.43. The van der Waals surface area contributed by atoms with Crippen LogP contribution in [0.15, 0.2) is 0 Å². The second-order valence-corrected chi connectivity index (χ2v) is 6.52. The molecule has 0 aliphatic carbocycles. The fourth-order valence-electron chi connectivity index (χ4n) is 2.21. The Labute approximate surface area is 109 Å². The summed E-state index contributed by atoms with van der Waals surface area (Å²) < 4.78 is 0. The van der Waals surface area contributed by atoms with E-state index in [4.69, 9.17) is 5.11 Å². The smallest absolute Gasteiger partial charge is 0.320 e. The van der Waals surface area contributed by atoms with Gasteiger partial charge in [-0.3, -0.25) is 4.79 Å². The summed E-state index contributed by atoms with van der Waals surface area (Å²) in [7, 11) is 0. The van der Waals surface area contributed by atoms with Gasteiger partial charge in [0.1, 0.15) is 6.04 Å². The quantitative estimate of drug-likeness (QED) is 0.738. The summed E-state index contributed by atoms with van der Waals surface area (Å²) in [5.74, 6) is 1.04. The van der Waals surface area contributed by atoms with Gasteiger partial charge in [-0.25, -0.2) is 0 Å². The number of hydrogen-bond acceptors (Lipinski definition) is 3. The standard InChI is InChI=1S/C13H25NO2S/c1-4-5-6-11(13(15)16)14-10-7-12(9(2)3)17-8-10/h9-12,14H,4-8H2,1-3H3,(H,15,16). The molecule has 1 fully saturated rings. The number of aliphatic carboxylic acids is 1. The molecule has 0 saturated carbocycles. The highest BCUT2D eigenvalue weighted by Gasteiger charge is 2.30. The first-order valence-corrected chi connectivity index (χ1v) is 7.70. The zero-order valence-electron chi connectivity index (χ0n) is 11.1. The lowest BCUT2D eigenvalue weighted by atomic mass is 10.0. The molecule has 0 aromatic rings. The molecule has 1 saturated heterocycles. The van der Waals surface area contributed by atoms with Crippen molar-refractivity contribution in [2.75, 3.05) is 5.75 Å². The van der Waals surface area contributed by atoms with Crippen LogP contribution in [0.1, 0.15) is 46.5 Å². The Bertz CT molecular complexity index is 246. The van der Waals surface area contributed by atoms with Gasteiger partial charge in [-0.05, 0) is 18.8 Å². The molecule has 100 valence electrons. The molecule has 0 aromatic carbocycles. The maximum absolute atomic E-state index is 11.1. The summed E-state index contributed by atoms with van der Waals surface area (Å²) in [6, 6.07) is 0.0248. The van der Waals surface area contributed by atoms with Crippen molar-refractivity contribution in [3.63, 3.8) is 0 Å². The Kier molecular flexibility index (Phi) is 6.34. The van der Waals surface area contributed by atoms with E-state index in [1.54, 1.807) is 0 Å². The lowest BCUT2D eigenvalue weighted by molar-refractivity contribution is -0.139. The number of carboxylic acid groups (broad SMARTS) is 1. The second kappa shape index (κ2) is 7.27. The van der Waals surface area contributed by atoms with Crippen LogP contribution in [0, 0.1) is 5.92 Å². The van der Waals surface area contributed by atoms with Crippen molar-refractivity contribution in [3.05, 3.63) is 0 Å². The minimum Gasteiger partial charge on any atom is -0.480 e. The van der Waals surface area contributed by atoms with E-state index in [-0.39, 0.29) is 6.04 Å². The molecule has 1 rings (SSSR count). The molecule has 1 aliphatic heterocycles. The minimum atomic E-state index is -0.698. The van der Waals surface area contributed by atoms with Crippen molar-refractivity contribution in [1.82, 2.24) is 5.32 Å². The maximum atomic E-state index is 11.1. The summed E-state index contributed by atoms with van der Waals surface area (Å²) in [5.41, 5.74) is 0. The molecular weight excluding hydrogens is 234 g/mol. The average molecular weight is 259 g/mol. The van der Waals surface area contributed by atoms with Gasteiger partial charge in [-0.1, -0.05) is 33.6 Å². The number of rotatable bonds is 7. The van der Waals surface area contributed by atoms with Crippen molar-refractivity contribution in [1.29, 1.82) is 0 Å². The Balaban J connectivity index is 2.38. The summed E-state index contributed by atoms with van der Waals surface area (Å²) >= 11 is 1.98. The number of thioether (sulfide) groups is 1. The van der Waals surface area contributed by atoms with Crippen LogP contribution >= 0.6 is 11.8 Å². The predicted octanol–water partition coefficient (Wildman–Crippen LogP) is 2.75. The molecule has 4 heteroatoms. The van der Waals surface area contributed by atoms with Gasteiger partial charge in [-0.2, -0.15) is 11.8 Å². The van der Waals surface area contributed by atoms with Gasteiger partial charge >= 0.3 is 5.97 Å². The molecule has 0 radical (unpaired) electrons.